The SMILES string of the molecule is COc1ccc(Cl)cc1C(=O)c1cscn1. The number of nitrogens with zero attached hydrogens (tertiary/aromatic N) is 1. The van der Waals surface area contributed by atoms with Gasteiger partial charge < -0.3 is 4.74 Å². The second-order valence-corrected chi connectivity index (χ2v) is 4.20. The van der Waals surface area contributed by atoms with Gasteiger partial charge in [0.05, 0.1) is 18.2 Å². The molecule has 2 rings (SSSR count). The van der Waals surface area contributed by atoms with E-state index in [9.17, 15) is 4.79 Å². The summed E-state index contributed by atoms with van der Waals surface area (Å²) >= 11 is 7.23. The van der Waals surface area contributed by atoms with Crippen LogP contribution in [0.4, 0.5) is 0 Å². The summed E-state index contributed by atoms with van der Waals surface area (Å²) in [6, 6.07) is 4.93. The second-order valence-electron chi connectivity index (χ2n) is 3.05. The lowest BCUT2D eigenvalue weighted by Crippen LogP contribution is -2.04. The average molecular weight is 254 g/mol. The van der Waals surface area contributed by atoms with E-state index in [1.807, 2.05) is 0 Å². The molecule has 0 aliphatic carbocycles. The van der Waals surface area contributed by atoms with Crippen LogP contribution in [0.15, 0.2) is 29.1 Å². The maximum Gasteiger partial charge on any atom is 0.215 e. The van der Waals surface area contributed by atoms with E-state index in [-0.39, 0.29) is 5.78 Å². The molecule has 82 valence electrons. The standard InChI is InChI=1S/C11H8ClNO2S/c1-15-10-3-2-7(12)4-8(10)11(14)9-5-16-6-13-9/h2-6H,1H3. The Labute approximate surface area is 102 Å². The van der Waals surface area contributed by atoms with Crippen LogP contribution in [0.5, 0.6) is 5.75 Å². The van der Waals surface area contributed by atoms with Crippen LogP contribution in [0.2, 0.25) is 5.02 Å². The molecule has 0 amide bonds. The third kappa shape index (κ3) is 2.08. The molecule has 0 aliphatic rings. The largest absolute Gasteiger partial charge is 0.496 e. The lowest BCUT2D eigenvalue weighted by molar-refractivity contribution is 0.103. The number of carbonyl (C=O) groups excluding carboxylic acids is 1. The van der Waals surface area contributed by atoms with E-state index in [2.05, 4.69) is 4.98 Å². The first-order chi connectivity index (χ1) is 7.72. The Bertz CT molecular complexity index is 511. The third-order valence-corrected chi connectivity index (χ3v) is 2.89. The minimum atomic E-state index is -0.180. The zero-order chi connectivity index (χ0) is 11.5. The number of methoxy groups -OCH3 is 1. The first-order valence-electron chi connectivity index (χ1n) is 4.49. The monoisotopic (exact) mass is 253 g/mol. The molecule has 3 nitrogen and oxygen atoms in total. The van der Waals surface area contributed by atoms with Gasteiger partial charge in [0.25, 0.3) is 0 Å². The van der Waals surface area contributed by atoms with Crippen LogP contribution in [-0.2, 0) is 0 Å². The highest BCUT2D eigenvalue weighted by Crippen LogP contribution is 2.25. The van der Waals surface area contributed by atoms with Crippen LogP contribution in [0.1, 0.15) is 16.1 Å². The topological polar surface area (TPSA) is 39.2 Å². The molecule has 0 saturated heterocycles. The van der Waals surface area contributed by atoms with E-state index in [0.717, 1.165) is 0 Å². The van der Waals surface area contributed by atoms with Crippen molar-refractivity contribution in [3.05, 3.63) is 45.4 Å². The molecule has 1 aromatic heterocycles. The van der Waals surface area contributed by atoms with E-state index in [4.69, 9.17) is 16.3 Å². The number of hydrogen-bond donors (Lipinski definition) is 0. The first kappa shape index (κ1) is 11.1. The van der Waals surface area contributed by atoms with Gasteiger partial charge in [0, 0.05) is 10.4 Å². The minimum Gasteiger partial charge on any atom is -0.496 e. The lowest BCUT2D eigenvalue weighted by Gasteiger charge is -2.06. The Morgan fingerprint density at radius 1 is 1.50 bits per heavy atom. The number of hydrogen-bond acceptors (Lipinski definition) is 4. The number of aromatic nitrogens is 1. The third-order valence-electron chi connectivity index (χ3n) is 2.07. The summed E-state index contributed by atoms with van der Waals surface area (Å²) in [5.74, 6) is 0.322. The number of carbonyl (C=O) groups is 1. The summed E-state index contributed by atoms with van der Waals surface area (Å²) in [7, 11) is 1.51. The minimum absolute atomic E-state index is 0.180. The fourth-order valence-electron chi connectivity index (χ4n) is 1.32. The predicted octanol–water partition coefficient (Wildman–Crippen LogP) is 3.04. The van der Waals surface area contributed by atoms with E-state index in [1.165, 1.54) is 18.4 Å². The van der Waals surface area contributed by atoms with Gasteiger partial charge in [-0.25, -0.2) is 4.98 Å². The van der Waals surface area contributed by atoms with Gasteiger partial charge >= 0.3 is 0 Å². The van der Waals surface area contributed by atoms with Crippen molar-refractivity contribution in [3.8, 4) is 5.75 Å². The Hall–Kier alpha value is -1.39. The van der Waals surface area contributed by atoms with Crippen molar-refractivity contribution in [3.63, 3.8) is 0 Å². The summed E-state index contributed by atoms with van der Waals surface area (Å²) in [5, 5.41) is 2.20. The molecule has 2 aromatic rings. The van der Waals surface area contributed by atoms with Gasteiger partial charge in [-0.15, -0.1) is 11.3 Å². The van der Waals surface area contributed by atoms with Crippen LogP contribution < -0.4 is 4.74 Å². The zero-order valence-corrected chi connectivity index (χ0v) is 10.0. The van der Waals surface area contributed by atoms with Gasteiger partial charge in [-0.3, -0.25) is 4.79 Å². The molecule has 0 bridgehead atoms. The summed E-state index contributed by atoms with van der Waals surface area (Å²) in [6.07, 6.45) is 0. The van der Waals surface area contributed by atoms with Crippen molar-refractivity contribution in [1.82, 2.24) is 4.98 Å². The Morgan fingerprint density at radius 2 is 2.31 bits per heavy atom. The van der Waals surface area contributed by atoms with Crippen LogP contribution in [0, 0.1) is 0 Å². The molecular weight excluding hydrogens is 246 g/mol. The number of benzene rings is 1. The predicted molar refractivity (Wildman–Crippen MR) is 63.6 cm³/mol. The second kappa shape index (κ2) is 4.63. The van der Waals surface area contributed by atoms with Crippen molar-refractivity contribution in [2.45, 2.75) is 0 Å². The molecule has 0 fully saturated rings. The summed E-state index contributed by atoms with van der Waals surface area (Å²) < 4.78 is 5.12. The smallest absolute Gasteiger partial charge is 0.215 e. The van der Waals surface area contributed by atoms with E-state index in [0.29, 0.717) is 22.0 Å². The van der Waals surface area contributed by atoms with E-state index >= 15 is 0 Å². The van der Waals surface area contributed by atoms with Gasteiger partial charge in [0.1, 0.15) is 11.4 Å². The highest BCUT2D eigenvalue weighted by molar-refractivity contribution is 7.07. The average Bonchev–Trinajstić information content (AvgIpc) is 2.81. The Balaban J connectivity index is 2.47. The number of ether oxygens (including phenoxy) is 1. The molecule has 0 aliphatic heterocycles. The fourth-order valence-corrected chi connectivity index (χ4v) is 2.02. The molecule has 1 aromatic carbocycles. The van der Waals surface area contributed by atoms with Crippen LogP contribution in [0.3, 0.4) is 0 Å². The normalized spacial score (nSPS) is 10.1. The van der Waals surface area contributed by atoms with Crippen molar-refractivity contribution in [2.24, 2.45) is 0 Å². The zero-order valence-electron chi connectivity index (χ0n) is 8.44. The van der Waals surface area contributed by atoms with Crippen molar-refractivity contribution in [2.75, 3.05) is 7.11 Å². The van der Waals surface area contributed by atoms with Gasteiger partial charge in [-0.05, 0) is 18.2 Å². The maximum atomic E-state index is 12.0. The summed E-state index contributed by atoms with van der Waals surface area (Å²) in [5.41, 5.74) is 2.45. The van der Waals surface area contributed by atoms with E-state index in [1.54, 1.807) is 29.1 Å². The molecule has 0 atom stereocenters. The van der Waals surface area contributed by atoms with Crippen molar-refractivity contribution < 1.29 is 9.53 Å². The Morgan fingerprint density at radius 3 is 2.94 bits per heavy atom. The molecule has 16 heavy (non-hydrogen) atoms. The Kier molecular flexibility index (Phi) is 3.22. The highest BCUT2D eigenvalue weighted by Gasteiger charge is 2.16. The fraction of sp³-hybridized carbons (Fsp3) is 0.0909. The highest BCUT2D eigenvalue weighted by atomic mass is 35.5. The molecule has 0 spiro atoms. The van der Waals surface area contributed by atoms with Gasteiger partial charge in [-0.1, -0.05) is 11.6 Å². The molecular formula is C11H8ClNO2S. The first-order valence-corrected chi connectivity index (χ1v) is 5.81. The number of rotatable bonds is 3. The van der Waals surface area contributed by atoms with Gasteiger partial charge in [0.15, 0.2) is 0 Å². The molecule has 0 N–H and O–H groups in total. The lowest BCUT2D eigenvalue weighted by atomic mass is 10.1. The van der Waals surface area contributed by atoms with Crippen LogP contribution in [-0.4, -0.2) is 17.9 Å². The van der Waals surface area contributed by atoms with E-state index < -0.39 is 0 Å². The van der Waals surface area contributed by atoms with Crippen LogP contribution in [0.25, 0.3) is 0 Å². The molecule has 0 unspecified atom stereocenters. The molecule has 5 heteroatoms. The van der Waals surface area contributed by atoms with Gasteiger partial charge in [0.2, 0.25) is 5.78 Å². The number of halogens is 1. The molecule has 0 saturated carbocycles. The summed E-state index contributed by atoms with van der Waals surface area (Å²) in [6.45, 7) is 0. The molecule has 1 heterocycles. The quantitative estimate of drug-likeness (QED) is 0.790. The van der Waals surface area contributed by atoms with Crippen molar-refractivity contribution in [1.29, 1.82) is 0 Å². The maximum absolute atomic E-state index is 12.0. The molecule has 0 radical (unpaired) electrons. The van der Waals surface area contributed by atoms with Crippen LogP contribution >= 0.6 is 22.9 Å². The number of ketones is 1. The number of thiazole rings is 1. The van der Waals surface area contributed by atoms with Gasteiger partial charge in [-0.2, -0.15) is 0 Å². The summed E-state index contributed by atoms with van der Waals surface area (Å²) in [4.78, 5) is 16.0. The van der Waals surface area contributed by atoms with Crippen molar-refractivity contribution >= 4 is 28.7 Å².